The first-order chi connectivity index (χ1) is 6.49. The van der Waals surface area contributed by atoms with Crippen LogP contribution in [0.3, 0.4) is 0 Å². The van der Waals surface area contributed by atoms with Crippen LogP contribution in [0.5, 0.6) is 0 Å². The molecule has 0 aliphatic rings. The lowest BCUT2D eigenvalue weighted by molar-refractivity contribution is -0.139. The van der Waals surface area contributed by atoms with E-state index >= 15 is 0 Å². The van der Waals surface area contributed by atoms with E-state index in [2.05, 4.69) is 4.72 Å². The second-order valence-corrected chi connectivity index (χ2v) is 4.02. The second kappa shape index (κ2) is 6.84. The van der Waals surface area contributed by atoms with Gasteiger partial charge in [0, 0.05) is 12.3 Å². The first kappa shape index (κ1) is 13.4. The van der Waals surface area contributed by atoms with Crippen LogP contribution in [-0.4, -0.2) is 29.2 Å². The number of carbonyl (C=O) groups is 2. The standard InChI is InChI=1S/C9H17NO3S/c1-6(2)8(11)5-4-7(9(12)13)10-14-3/h6-7,10H,4-5H2,1-3H3,(H,12,13)/t7-/m0/s1. The Kier molecular flexibility index (Phi) is 6.57. The van der Waals surface area contributed by atoms with Crippen molar-refractivity contribution in [3.8, 4) is 0 Å². The fourth-order valence-corrected chi connectivity index (χ4v) is 1.45. The molecule has 0 saturated heterocycles. The van der Waals surface area contributed by atoms with E-state index in [1.54, 1.807) is 6.26 Å². The predicted molar refractivity (Wildman–Crippen MR) is 57.2 cm³/mol. The molecule has 0 aromatic rings. The highest BCUT2D eigenvalue weighted by Crippen LogP contribution is 2.06. The van der Waals surface area contributed by atoms with Gasteiger partial charge in [-0.05, 0) is 12.7 Å². The van der Waals surface area contributed by atoms with E-state index in [9.17, 15) is 9.59 Å². The Bertz CT molecular complexity index is 206. The number of nitrogens with one attached hydrogen (secondary N) is 1. The summed E-state index contributed by atoms with van der Waals surface area (Å²) in [5, 5.41) is 8.77. The number of rotatable bonds is 7. The topological polar surface area (TPSA) is 66.4 Å². The number of ketones is 1. The normalized spacial score (nSPS) is 12.9. The zero-order valence-electron chi connectivity index (χ0n) is 8.74. The van der Waals surface area contributed by atoms with Crippen molar-refractivity contribution >= 4 is 23.7 Å². The van der Waals surface area contributed by atoms with Gasteiger partial charge in [0.25, 0.3) is 0 Å². The van der Waals surface area contributed by atoms with Gasteiger partial charge in [-0.3, -0.25) is 14.3 Å². The zero-order valence-corrected chi connectivity index (χ0v) is 9.56. The summed E-state index contributed by atoms with van der Waals surface area (Å²) in [5.74, 6) is -0.811. The maximum absolute atomic E-state index is 11.2. The summed E-state index contributed by atoms with van der Waals surface area (Å²) in [6, 6.07) is -0.632. The summed E-state index contributed by atoms with van der Waals surface area (Å²) in [6.07, 6.45) is 2.44. The van der Waals surface area contributed by atoms with E-state index in [-0.39, 0.29) is 11.7 Å². The molecule has 1 atom stereocenters. The van der Waals surface area contributed by atoms with Crippen LogP contribution in [-0.2, 0) is 9.59 Å². The molecule has 4 nitrogen and oxygen atoms in total. The lowest BCUT2D eigenvalue weighted by atomic mass is 10.0. The van der Waals surface area contributed by atoms with Gasteiger partial charge >= 0.3 is 5.97 Å². The van der Waals surface area contributed by atoms with Gasteiger partial charge in [-0.15, -0.1) is 0 Å². The molecule has 0 spiro atoms. The third-order valence-electron chi connectivity index (χ3n) is 1.88. The van der Waals surface area contributed by atoms with Crippen LogP contribution in [0.4, 0.5) is 0 Å². The van der Waals surface area contributed by atoms with Crippen LogP contribution in [0.15, 0.2) is 0 Å². The van der Waals surface area contributed by atoms with Crippen molar-refractivity contribution in [2.75, 3.05) is 6.26 Å². The third kappa shape index (κ3) is 5.24. The highest BCUT2D eigenvalue weighted by atomic mass is 32.2. The van der Waals surface area contributed by atoms with Crippen LogP contribution in [0.1, 0.15) is 26.7 Å². The molecule has 0 aliphatic heterocycles. The molecule has 0 bridgehead atoms. The molecule has 0 unspecified atom stereocenters. The largest absolute Gasteiger partial charge is 0.480 e. The minimum atomic E-state index is -0.907. The van der Waals surface area contributed by atoms with E-state index in [0.717, 1.165) is 0 Å². The molecule has 0 rings (SSSR count). The van der Waals surface area contributed by atoms with Gasteiger partial charge in [-0.25, -0.2) is 0 Å². The number of aliphatic carboxylic acids is 1. The third-order valence-corrected chi connectivity index (χ3v) is 2.40. The molecule has 2 N–H and O–H groups in total. The molecule has 0 saturated carbocycles. The first-order valence-corrected chi connectivity index (χ1v) is 5.75. The van der Waals surface area contributed by atoms with Crippen molar-refractivity contribution in [3.05, 3.63) is 0 Å². The molecule has 0 aromatic carbocycles. The van der Waals surface area contributed by atoms with Crippen molar-refractivity contribution in [1.29, 1.82) is 0 Å². The minimum absolute atomic E-state index is 0.0151. The number of Topliss-reactive ketones (excluding diaryl/α,β-unsaturated/α-hetero) is 1. The molecule has 0 amide bonds. The predicted octanol–water partition coefficient (Wildman–Crippen LogP) is 1.31. The van der Waals surface area contributed by atoms with Gasteiger partial charge in [0.15, 0.2) is 0 Å². The summed E-state index contributed by atoms with van der Waals surface area (Å²) in [5.41, 5.74) is 0. The smallest absolute Gasteiger partial charge is 0.321 e. The average molecular weight is 219 g/mol. The van der Waals surface area contributed by atoms with Crippen molar-refractivity contribution in [1.82, 2.24) is 4.72 Å². The zero-order chi connectivity index (χ0) is 11.1. The SMILES string of the molecule is CSN[C@@H](CCC(=O)C(C)C)C(=O)O. The Morgan fingerprint density at radius 1 is 1.43 bits per heavy atom. The molecule has 82 valence electrons. The van der Waals surface area contributed by atoms with Gasteiger partial charge in [-0.2, -0.15) is 0 Å². The summed E-state index contributed by atoms with van der Waals surface area (Å²) in [6.45, 7) is 3.64. The van der Waals surface area contributed by atoms with Crippen molar-refractivity contribution < 1.29 is 14.7 Å². The van der Waals surface area contributed by atoms with Gasteiger partial charge in [0.1, 0.15) is 11.8 Å². The van der Waals surface area contributed by atoms with E-state index in [1.165, 1.54) is 11.9 Å². The molecule has 0 heterocycles. The lowest BCUT2D eigenvalue weighted by Gasteiger charge is -2.12. The summed E-state index contributed by atoms with van der Waals surface area (Å²) in [7, 11) is 0. The Morgan fingerprint density at radius 2 is 2.00 bits per heavy atom. The van der Waals surface area contributed by atoms with Gasteiger partial charge in [0.05, 0.1) is 0 Å². The second-order valence-electron chi connectivity index (χ2n) is 3.37. The Morgan fingerprint density at radius 3 is 2.36 bits per heavy atom. The number of carbonyl (C=O) groups excluding carboxylic acids is 1. The Hall–Kier alpha value is -0.550. The molecular weight excluding hydrogens is 202 g/mol. The summed E-state index contributed by atoms with van der Waals surface area (Å²) >= 11 is 1.26. The monoisotopic (exact) mass is 219 g/mol. The summed E-state index contributed by atoms with van der Waals surface area (Å²) < 4.78 is 2.74. The number of carboxylic acids is 1. The summed E-state index contributed by atoms with van der Waals surface area (Å²) in [4.78, 5) is 21.9. The highest BCUT2D eigenvalue weighted by Gasteiger charge is 2.18. The van der Waals surface area contributed by atoms with Crippen LogP contribution in [0.25, 0.3) is 0 Å². The molecule has 0 radical (unpaired) electrons. The Labute approximate surface area is 88.6 Å². The van der Waals surface area contributed by atoms with Crippen molar-refractivity contribution in [2.24, 2.45) is 5.92 Å². The molecule has 0 fully saturated rings. The number of hydrogen-bond acceptors (Lipinski definition) is 4. The van der Waals surface area contributed by atoms with E-state index in [1.807, 2.05) is 13.8 Å². The van der Waals surface area contributed by atoms with Crippen LogP contribution < -0.4 is 4.72 Å². The quantitative estimate of drug-likeness (QED) is 0.632. The van der Waals surface area contributed by atoms with E-state index in [4.69, 9.17) is 5.11 Å². The fraction of sp³-hybridized carbons (Fsp3) is 0.778. The van der Waals surface area contributed by atoms with Crippen LogP contribution >= 0.6 is 11.9 Å². The van der Waals surface area contributed by atoms with Crippen molar-refractivity contribution in [2.45, 2.75) is 32.7 Å². The van der Waals surface area contributed by atoms with Crippen molar-refractivity contribution in [3.63, 3.8) is 0 Å². The molecular formula is C9H17NO3S. The molecule has 5 heteroatoms. The van der Waals surface area contributed by atoms with Crippen LogP contribution in [0.2, 0.25) is 0 Å². The van der Waals surface area contributed by atoms with Gasteiger partial charge in [-0.1, -0.05) is 25.8 Å². The van der Waals surface area contributed by atoms with E-state index < -0.39 is 12.0 Å². The Balaban J connectivity index is 3.93. The first-order valence-electron chi connectivity index (χ1n) is 4.53. The van der Waals surface area contributed by atoms with Gasteiger partial charge < -0.3 is 5.11 Å². The maximum Gasteiger partial charge on any atom is 0.321 e. The van der Waals surface area contributed by atoms with E-state index in [0.29, 0.717) is 12.8 Å². The maximum atomic E-state index is 11.2. The van der Waals surface area contributed by atoms with Crippen LogP contribution in [0, 0.1) is 5.92 Å². The number of hydrogen-bond donors (Lipinski definition) is 2. The number of carboxylic acid groups (broad SMARTS) is 1. The van der Waals surface area contributed by atoms with Gasteiger partial charge in [0.2, 0.25) is 0 Å². The fourth-order valence-electron chi connectivity index (χ4n) is 0.950. The molecule has 14 heavy (non-hydrogen) atoms. The highest BCUT2D eigenvalue weighted by molar-refractivity contribution is 7.96. The average Bonchev–Trinajstić information content (AvgIpc) is 2.10. The minimum Gasteiger partial charge on any atom is -0.480 e. The molecule has 0 aliphatic carbocycles. The lowest BCUT2D eigenvalue weighted by Crippen LogP contribution is -2.32. The molecule has 0 aromatic heterocycles.